The molecule has 2 saturated heterocycles. The summed E-state index contributed by atoms with van der Waals surface area (Å²) in [6, 6.07) is 10.1. The SMILES string of the molecule is CN(Cc1ccon1)CC1CC2(CCN(c3nc4ccccc4s3)CC2)C(=O)O1. The van der Waals surface area contributed by atoms with Gasteiger partial charge in [0.2, 0.25) is 0 Å². The number of hydrogen-bond acceptors (Lipinski definition) is 8. The highest BCUT2D eigenvalue weighted by Crippen LogP contribution is 2.44. The van der Waals surface area contributed by atoms with Crippen LogP contribution in [-0.4, -0.2) is 53.8 Å². The fraction of sp³-hybridized carbons (Fsp3) is 0.476. The molecule has 0 saturated carbocycles. The van der Waals surface area contributed by atoms with Gasteiger partial charge < -0.3 is 14.2 Å². The van der Waals surface area contributed by atoms with E-state index in [2.05, 4.69) is 27.1 Å². The van der Waals surface area contributed by atoms with E-state index in [1.807, 2.05) is 25.2 Å². The maximum atomic E-state index is 12.7. The fourth-order valence-electron chi connectivity index (χ4n) is 4.48. The average Bonchev–Trinajstić information content (AvgIpc) is 3.43. The van der Waals surface area contributed by atoms with E-state index in [-0.39, 0.29) is 17.5 Å². The van der Waals surface area contributed by atoms with Crippen LogP contribution in [-0.2, 0) is 16.1 Å². The number of carbonyl (C=O) groups is 1. The molecule has 2 aromatic heterocycles. The van der Waals surface area contributed by atoms with Gasteiger partial charge in [-0.15, -0.1) is 0 Å². The van der Waals surface area contributed by atoms with Crippen LogP contribution in [0.5, 0.6) is 0 Å². The molecule has 0 amide bonds. The first-order valence-corrected chi connectivity index (χ1v) is 10.8. The van der Waals surface area contributed by atoms with Crippen molar-refractivity contribution in [2.45, 2.75) is 31.9 Å². The third-order valence-corrected chi connectivity index (χ3v) is 7.13. The average molecular weight is 413 g/mol. The second-order valence-electron chi connectivity index (χ2n) is 8.15. The normalized spacial score (nSPS) is 21.4. The maximum Gasteiger partial charge on any atom is 0.312 e. The molecule has 3 aromatic rings. The van der Waals surface area contributed by atoms with Gasteiger partial charge in [-0.1, -0.05) is 28.6 Å². The van der Waals surface area contributed by atoms with Gasteiger partial charge in [-0.25, -0.2) is 4.98 Å². The summed E-state index contributed by atoms with van der Waals surface area (Å²) in [6.07, 6.45) is 3.96. The first kappa shape index (κ1) is 18.6. The van der Waals surface area contributed by atoms with Crippen molar-refractivity contribution in [1.82, 2.24) is 15.0 Å². The van der Waals surface area contributed by atoms with Gasteiger partial charge in [0.25, 0.3) is 0 Å². The summed E-state index contributed by atoms with van der Waals surface area (Å²) < 4.78 is 11.9. The molecule has 1 spiro atoms. The molecule has 5 rings (SSSR count). The minimum absolute atomic E-state index is 0.0266. The molecule has 8 heteroatoms. The largest absolute Gasteiger partial charge is 0.461 e. The van der Waals surface area contributed by atoms with Crippen molar-refractivity contribution in [3.63, 3.8) is 0 Å². The Morgan fingerprint density at radius 2 is 2.10 bits per heavy atom. The predicted molar refractivity (Wildman–Crippen MR) is 111 cm³/mol. The molecule has 1 unspecified atom stereocenters. The van der Waals surface area contributed by atoms with E-state index in [0.717, 1.165) is 48.7 Å². The van der Waals surface area contributed by atoms with Crippen LogP contribution in [0, 0.1) is 5.41 Å². The minimum Gasteiger partial charge on any atom is -0.461 e. The zero-order chi connectivity index (χ0) is 19.8. The lowest BCUT2D eigenvalue weighted by Gasteiger charge is -2.36. The Morgan fingerprint density at radius 3 is 2.86 bits per heavy atom. The highest BCUT2D eigenvalue weighted by atomic mass is 32.1. The lowest BCUT2D eigenvalue weighted by atomic mass is 9.76. The van der Waals surface area contributed by atoms with Crippen LogP contribution in [0.3, 0.4) is 0 Å². The van der Waals surface area contributed by atoms with Gasteiger partial charge in [0, 0.05) is 38.7 Å². The molecule has 2 aliphatic heterocycles. The summed E-state index contributed by atoms with van der Waals surface area (Å²) in [7, 11) is 2.02. The molecular formula is C21H24N4O3S. The summed E-state index contributed by atoms with van der Waals surface area (Å²) in [5, 5.41) is 5.00. The molecule has 7 nitrogen and oxygen atoms in total. The summed E-state index contributed by atoms with van der Waals surface area (Å²) in [4.78, 5) is 22.0. The molecule has 152 valence electrons. The van der Waals surface area contributed by atoms with Crippen molar-refractivity contribution in [2.75, 3.05) is 31.6 Å². The van der Waals surface area contributed by atoms with Crippen LogP contribution >= 0.6 is 11.3 Å². The summed E-state index contributed by atoms with van der Waals surface area (Å²) in [5.74, 6) is -0.0266. The minimum atomic E-state index is -0.341. The zero-order valence-corrected chi connectivity index (χ0v) is 17.2. The molecule has 0 bridgehead atoms. The number of carbonyl (C=O) groups excluding carboxylic acids is 1. The van der Waals surface area contributed by atoms with Crippen molar-refractivity contribution in [2.24, 2.45) is 5.41 Å². The van der Waals surface area contributed by atoms with Crippen molar-refractivity contribution in [1.29, 1.82) is 0 Å². The molecule has 29 heavy (non-hydrogen) atoms. The number of ether oxygens (including phenoxy) is 1. The van der Waals surface area contributed by atoms with Crippen molar-refractivity contribution >= 4 is 32.7 Å². The van der Waals surface area contributed by atoms with E-state index in [1.54, 1.807) is 17.6 Å². The second kappa shape index (κ2) is 7.42. The number of likely N-dealkylation sites (N-methyl/N-ethyl adjacent to an activating group) is 1. The van der Waals surface area contributed by atoms with E-state index >= 15 is 0 Å². The number of hydrogen-bond donors (Lipinski definition) is 0. The summed E-state index contributed by atoms with van der Waals surface area (Å²) >= 11 is 1.72. The number of anilines is 1. The van der Waals surface area contributed by atoms with Crippen LogP contribution in [0.2, 0.25) is 0 Å². The first-order chi connectivity index (χ1) is 14.1. The number of piperidine rings is 1. The number of cyclic esters (lactones) is 1. The van der Waals surface area contributed by atoms with Gasteiger partial charge >= 0.3 is 5.97 Å². The third kappa shape index (κ3) is 3.62. The Hall–Kier alpha value is -2.45. The molecule has 0 N–H and O–H groups in total. The van der Waals surface area contributed by atoms with E-state index in [4.69, 9.17) is 14.2 Å². The van der Waals surface area contributed by atoms with E-state index < -0.39 is 0 Å². The van der Waals surface area contributed by atoms with Crippen LogP contribution in [0.15, 0.2) is 41.1 Å². The number of para-hydroxylation sites is 1. The Bertz CT molecular complexity index is 961. The van der Waals surface area contributed by atoms with Crippen molar-refractivity contribution in [3.05, 3.63) is 42.3 Å². The fourth-order valence-corrected chi connectivity index (χ4v) is 5.49. The number of esters is 1. The lowest BCUT2D eigenvalue weighted by Crippen LogP contribution is -2.42. The number of aromatic nitrogens is 2. The summed E-state index contributed by atoms with van der Waals surface area (Å²) in [5.41, 5.74) is 1.59. The smallest absolute Gasteiger partial charge is 0.312 e. The molecule has 2 fully saturated rings. The Labute approximate surface area is 173 Å². The van der Waals surface area contributed by atoms with Crippen molar-refractivity contribution < 1.29 is 14.1 Å². The predicted octanol–water partition coefficient (Wildman–Crippen LogP) is 3.32. The van der Waals surface area contributed by atoms with E-state index in [1.165, 1.54) is 4.70 Å². The standard InChI is InChI=1S/C21H24N4O3S/c1-24(13-15-6-11-27-23-15)14-16-12-21(19(26)28-16)7-9-25(10-8-21)20-22-17-4-2-3-5-18(17)29-20/h2-6,11,16H,7-10,12-14H2,1H3. The molecule has 2 aliphatic rings. The molecule has 1 atom stereocenters. The third-order valence-electron chi connectivity index (χ3n) is 6.04. The van der Waals surface area contributed by atoms with Gasteiger partial charge in [0.15, 0.2) is 5.13 Å². The summed E-state index contributed by atoms with van der Waals surface area (Å²) in [6.45, 7) is 3.08. The molecule has 0 radical (unpaired) electrons. The van der Waals surface area contributed by atoms with Crippen molar-refractivity contribution in [3.8, 4) is 0 Å². The number of benzene rings is 1. The van der Waals surface area contributed by atoms with Crippen LogP contribution in [0.4, 0.5) is 5.13 Å². The second-order valence-corrected chi connectivity index (χ2v) is 9.16. The lowest BCUT2D eigenvalue weighted by molar-refractivity contribution is -0.150. The van der Waals surface area contributed by atoms with E-state index in [9.17, 15) is 4.79 Å². The van der Waals surface area contributed by atoms with Gasteiger partial charge in [-0.05, 0) is 32.0 Å². The highest BCUT2D eigenvalue weighted by Gasteiger charge is 2.50. The molecule has 4 heterocycles. The zero-order valence-electron chi connectivity index (χ0n) is 16.4. The number of rotatable bonds is 5. The maximum absolute atomic E-state index is 12.7. The first-order valence-electron chi connectivity index (χ1n) is 10.0. The Balaban J connectivity index is 1.20. The van der Waals surface area contributed by atoms with E-state index in [0.29, 0.717) is 13.1 Å². The van der Waals surface area contributed by atoms with Gasteiger partial charge in [-0.3, -0.25) is 9.69 Å². The van der Waals surface area contributed by atoms with Gasteiger partial charge in [0.1, 0.15) is 12.4 Å². The Kier molecular flexibility index (Phi) is 4.75. The molecule has 0 aliphatic carbocycles. The van der Waals surface area contributed by atoms with Gasteiger partial charge in [0.05, 0.1) is 21.3 Å². The quantitative estimate of drug-likeness (QED) is 0.595. The van der Waals surface area contributed by atoms with Crippen LogP contribution < -0.4 is 4.90 Å². The van der Waals surface area contributed by atoms with Crippen LogP contribution in [0.25, 0.3) is 10.2 Å². The number of fused-ring (bicyclic) bond motifs is 1. The highest BCUT2D eigenvalue weighted by molar-refractivity contribution is 7.22. The monoisotopic (exact) mass is 412 g/mol. The Morgan fingerprint density at radius 1 is 1.28 bits per heavy atom. The van der Waals surface area contributed by atoms with Crippen LogP contribution in [0.1, 0.15) is 25.0 Å². The topological polar surface area (TPSA) is 71.7 Å². The van der Waals surface area contributed by atoms with Gasteiger partial charge in [-0.2, -0.15) is 0 Å². The number of nitrogens with zero attached hydrogens (tertiary/aromatic N) is 4. The number of thiazole rings is 1. The molecule has 1 aromatic carbocycles. The molecular weight excluding hydrogens is 388 g/mol.